The summed E-state index contributed by atoms with van der Waals surface area (Å²) in [5.41, 5.74) is 7.00. The van der Waals surface area contributed by atoms with Crippen molar-refractivity contribution in [2.45, 2.75) is 311 Å². The second kappa shape index (κ2) is 47.3. The van der Waals surface area contributed by atoms with Crippen LogP contribution in [-0.2, 0) is 0 Å². The Morgan fingerprint density at radius 2 is 0.621 bits per heavy atom. The zero-order valence-corrected chi connectivity index (χ0v) is 56.8. The normalized spacial score (nSPS) is 20.2. The fourth-order valence-electron chi connectivity index (χ4n) is 11.8. The van der Waals surface area contributed by atoms with E-state index in [1.807, 2.05) is 134 Å². The van der Waals surface area contributed by atoms with Crippen molar-refractivity contribution < 1.29 is 15.3 Å². The number of nitrogens with zero attached hydrogens (tertiary/aromatic N) is 6. The van der Waals surface area contributed by atoms with Crippen LogP contribution in [0.2, 0.25) is 0 Å². The van der Waals surface area contributed by atoms with Crippen molar-refractivity contribution in [3.05, 3.63) is 105 Å². The Balaban J connectivity index is 0.00000209. The quantitative estimate of drug-likeness (QED) is 0.0917. The first-order valence-corrected chi connectivity index (χ1v) is 35.5. The third-order valence-corrected chi connectivity index (χ3v) is 16.5. The lowest BCUT2D eigenvalue weighted by atomic mass is 9.91. The molecule has 7 rings (SSSR count). The maximum absolute atomic E-state index is 12.0. The molecule has 3 aliphatic carbocycles. The van der Waals surface area contributed by atoms with Gasteiger partial charge in [-0.3, -0.25) is 30.0 Å². The number of unbranched alkanes of at least 4 members (excludes halogenated alkanes) is 16. The predicted molar refractivity (Wildman–Crippen MR) is 385 cm³/mol. The Morgan fingerprint density at radius 3 is 0.908 bits per heavy atom. The Bertz CT molecular complexity index is 2600. The number of phenolic OH excluding ortho intramolecular Hbond substituents is 3. The summed E-state index contributed by atoms with van der Waals surface area (Å²) >= 11 is 0. The molecule has 0 saturated heterocycles. The van der Waals surface area contributed by atoms with E-state index in [2.05, 4.69) is 52.0 Å². The molecule has 0 amide bonds. The van der Waals surface area contributed by atoms with Crippen molar-refractivity contribution in [1.82, 2.24) is 0 Å². The summed E-state index contributed by atoms with van der Waals surface area (Å²) in [5, 5.41) is 35.7. The van der Waals surface area contributed by atoms with Crippen molar-refractivity contribution in [3.8, 4) is 17.2 Å². The van der Waals surface area contributed by atoms with Crippen LogP contribution in [0.15, 0.2) is 84.6 Å². The summed E-state index contributed by atoms with van der Waals surface area (Å²) in [5.74, 6) is 0.509. The molecule has 1 aliphatic heterocycles. The number of hydrogen-bond acceptors (Lipinski definition) is 9. The second-order valence-electron chi connectivity index (χ2n) is 23.7. The van der Waals surface area contributed by atoms with Crippen LogP contribution in [-0.4, -0.2) is 88.9 Å². The molecule has 3 saturated carbocycles. The highest BCUT2D eigenvalue weighted by atomic mass is 16.3. The van der Waals surface area contributed by atoms with Crippen LogP contribution in [0.4, 0.5) is 0 Å². The SMILES string of the molecule is C/C=C/c1cc2c(O)c(c1)C=NC1CCCCC1N=Cc1cc(/C=C\CCCCCCCCCC)cc(c1O)C=NC1CCCCC1N=Cc1cc(/C=C\CCCCCCCCCC)cc(c1O)C=NC1CCCC(C1)N=C2.CC.CC.CC.CCC. The summed E-state index contributed by atoms with van der Waals surface area (Å²) < 4.78 is 0. The first-order valence-electron chi connectivity index (χ1n) is 35.5. The fraction of sp³-hybridized carbons (Fsp3) is 0.615. The van der Waals surface area contributed by atoms with E-state index >= 15 is 0 Å². The van der Waals surface area contributed by atoms with Gasteiger partial charge in [-0.1, -0.05) is 228 Å². The number of aromatic hydroxyl groups is 3. The average molecular weight is 1190 g/mol. The van der Waals surface area contributed by atoms with E-state index in [9.17, 15) is 15.3 Å². The Morgan fingerprint density at radius 1 is 0.356 bits per heavy atom. The maximum atomic E-state index is 12.0. The van der Waals surface area contributed by atoms with Crippen LogP contribution in [0.3, 0.4) is 0 Å². The molecule has 3 N–H and O–H groups in total. The number of allylic oxidation sites excluding steroid dienone is 3. The molecule has 3 fully saturated rings. The molecule has 9 nitrogen and oxygen atoms in total. The van der Waals surface area contributed by atoms with Gasteiger partial charge in [-0.15, -0.1) is 0 Å². The van der Waals surface area contributed by atoms with Crippen LogP contribution in [0.5, 0.6) is 17.2 Å². The summed E-state index contributed by atoms with van der Waals surface area (Å²) in [7, 11) is 0. The number of hydrogen-bond donors (Lipinski definition) is 3. The number of phenols is 3. The first-order chi connectivity index (χ1) is 42.7. The third kappa shape index (κ3) is 28.6. The Hall–Kier alpha value is -5.70. The van der Waals surface area contributed by atoms with Gasteiger partial charge in [0.1, 0.15) is 17.2 Å². The molecule has 0 aromatic heterocycles. The molecule has 8 bridgehead atoms. The van der Waals surface area contributed by atoms with Crippen LogP contribution in [0.25, 0.3) is 18.2 Å². The van der Waals surface area contributed by atoms with Gasteiger partial charge in [-0.05, 0) is 137 Å². The van der Waals surface area contributed by atoms with Crippen molar-refractivity contribution in [2.75, 3.05) is 0 Å². The van der Waals surface area contributed by atoms with Gasteiger partial charge in [0.05, 0.1) is 36.3 Å². The highest BCUT2D eigenvalue weighted by molar-refractivity contribution is 5.95. The second-order valence-corrected chi connectivity index (χ2v) is 23.7. The van der Waals surface area contributed by atoms with Gasteiger partial charge >= 0.3 is 0 Å². The molecular formula is C78H122N6O3. The van der Waals surface area contributed by atoms with E-state index in [0.717, 1.165) is 107 Å². The van der Waals surface area contributed by atoms with Gasteiger partial charge in [-0.25, -0.2) is 0 Å². The smallest absolute Gasteiger partial charge is 0.133 e. The standard InChI is InChI=1S/C69H96N6O3.C3H8.3C2H6/c1-4-7-9-11-13-15-17-19-21-23-31-53-41-56-47-71-62-34-29-33-61(45-62)70-46-55-39-52(30-6-3)40-57(67(55)76)48-72-63-35-25-26-36-64(63)74-50-59-43-54(32-24-22-20-18-16-14-12-10-8-5-2)44-60(69(59)78)51-75-66-38-28-27-37-65(66)73-49-58(42-53)68(56)77;1-3-2;3*1-2/h6,23-24,30-32,39-44,46-51,61-66,76-78H,4-5,7-22,25-29,33-38,45H2,1-3H3;3H2,1-2H3;3*1-2H3/b30-6+,31-23-,32-24-,70-46?,71-47?,72-48?,73-49?,74-50?,75-51?;;;;. The highest BCUT2D eigenvalue weighted by Crippen LogP contribution is 2.32. The lowest BCUT2D eigenvalue weighted by Gasteiger charge is -2.26. The minimum absolute atomic E-state index is 0.0509. The molecule has 1 heterocycles. The maximum Gasteiger partial charge on any atom is 0.133 e. The largest absolute Gasteiger partial charge is 0.507 e. The van der Waals surface area contributed by atoms with Gasteiger partial charge in [0.15, 0.2) is 0 Å². The number of aliphatic imine (C=N–C) groups is 6. The molecule has 482 valence electrons. The monoisotopic (exact) mass is 1190 g/mol. The Kier molecular flexibility index (Phi) is 41.1. The molecule has 6 unspecified atom stereocenters. The van der Waals surface area contributed by atoms with Crippen molar-refractivity contribution >= 4 is 55.5 Å². The van der Waals surface area contributed by atoms with E-state index in [0.29, 0.717) is 33.4 Å². The molecule has 87 heavy (non-hydrogen) atoms. The zero-order valence-electron chi connectivity index (χ0n) is 56.8. The zero-order chi connectivity index (χ0) is 63.3. The summed E-state index contributed by atoms with van der Waals surface area (Å²) in [4.78, 5) is 31.0. The summed E-state index contributed by atoms with van der Waals surface area (Å²) in [6, 6.07) is 12.0. The number of fused-ring (bicyclic) bond motifs is 10. The van der Waals surface area contributed by atoms with Gasteiger partial charge < -0.3 is 15.3 Å². The van der Waals surface area contributed by atoms with Crippen molar-refractivity contribution in [2.24, 2.45) is 30.0 Å². The van der Waals surface area contributed by atoms with E-state index in [1.165, 1.54) is 109 Å². The molecular weight excluding hydrogens is 1070 g/mol. The minimum Gasteiger partial charge on any atom is -0.507 e. The first kappa shape index (κ1) is 75.5. The Labute approximate surface area is 531 Å². The lowest BCUT2D eigenvalue weighted by Crippen LogP contribution is -2.27. The molecule has 6 atom stereocenters. The molecule has 4 aliphatic rings. The van der Waals surface area contributed by atoms with Gasteiger partial charge in [0, 0.05) is 70.7 Å². The number of benzene rings is 3. The number of rotatable bonds is 21. The predicted octanol–water partition coefficient (Wildman–Crippen LogP) is 22.3. The van der Waals surface area contributed by atoms with Crippen molar-refractivity contribution in [3.63, 3.8) is 0 Å². The molecule has 3 aromatic carbocycles. The molecule has 0 spiro atoms. The highest BCUT2D eigenvalue weighted by Gasteiger charge is 2.26. The molecule has 3 aromatic rings. The van der Waals surface area contributed by atoms with E-state index in [4.69, 9.17) is 30.0 Å². The van der Waals surface area contributed by atoms with Crippen LogP contribution >= 0.6 is 0 Å². The van der Waals surface area contributed by atoms with Crippen molar-refractivity contribution in [1.29, 1.82) is 0 Å². The van der Waals surface area contributed by atoms with E-state index < -0.39 is 0 Å². The van der Waals surface area contributed by atoms with Gasteiger partial charge in [-0.2, -0.15) is 0 Å². The van der Waals surface area contributed by atoms with Crippen LogP contribution in [0, 0.1) is 0 Å². The fourth-order valence-corrected chi connectivity index (χ4v) is 11.8. The van der Waals surface area contributed by atoms with Crippen LogP contribution in [0.1, 0.15) is 325 Å². The van der Waals surface area contributed by atoms with E-state index in [1.54, 1.807) is 0 Å². The van der Waals surface area contributed by atoms with E-state index in [-0.39, 0.29) is 53.5 Å². The summed E-state index contributed by atoms with van der Waals surface area (Å²) in [6.45, 7) is 22.8. The third-order valence-electron chi connectivity index (χ3n) is 16.5. The average Bonchev–Trinajstić information content (AvgIpc) is 2.88. The lowest BCUT2D eigenvalue weighted by molar-refractivity contribution is 0.389. The topological polar surface area (TPSA) is 135 Å². The molecule has 9 heteroatoms. The van der Waals surface area contributed by atoms with Gasteiger partial charge in [0.25, 0.3) is 0 Å². The van der Waals surface area contributed by atoms with Gasteiger partial charge in [0.2, 0.25) is 0 Å². The van der Waals surface area contributed by atoms with Crippen LogP contribution < -0.4 is 0 Å². The molecule has 0 radical (unpaired) electrons. The summed E-state index contributed by atoms with van der Waals surface area (Å²) in [6.07, 6.45) is 59.5. The minimum atomic E-state index is -0.0746.